The normalized spacial score (nSPS) is 18.7. The van der Waals surface area contributed by atoms with Crippen molar-refractivity contribution in [3.63, 3.8) is 0 Å². The van der Waals surface area contributed by atoms with Crippen molar-refractivity contribution in [2.75, 3.05) is 16.2 Å². The number of alkyl halides is 6. The summed E-state index contributed by atoms with van der Waals surface area (Å²) in [6, 6.07) is 8.89. The Hall–Kier alpha value is -3.67. The lowest BCUT2D eigenvalue weighted by molar-refractivity contribution is -0.242. The first-order valence-electron chi connectivity index (χ1n) is 11.9. The van der Waals surface area contributed by atoms with E-state index < -0.39 is 56.0 Å². The van der Waals surface area contributed by atoms with Gasteiger partial charge >= 0.3 is 18.4 Å². The minimum absolute atomic E-state index is 0.0184. The zero-order valence-electron chi connectivity index (χ0n) is 21.1. The summed E-state index contributed by atoms with van der Waals surface area (Å²) in [6.07, 6.45) is -10.7. The number of amides is 1. The molecule has 1 atom stereocenters. The summed E-state index contributed by atoms with van der Waals surface area (Å²) in [5, 5.41) is 11.6. The molecule has 216 valence electrons. The third kappa shape index (κ3) is 5.91. The zero-order valence-corrected chi connectivity index (χ0v) is 21.9. The number of rotatable bonds is 6. The standard InChI is InChI=1S/C25H23F6N3O5S/c1-22(2,25(29,30)31)39-21(35)33-16-6-7-20-19(11-16)34(13-17(38-20)12-23(14-32)8-9-23)40(36,37)18-5-3-4-15(10-18)24(26,27)28/h3-7,10-11,17H,8-9,12-13H2,1-2H3,(H,33,35). The highest BCUT2D eigenvalue weighted by Gasteiger charge is 2.51. The van der Waals surface area contributed by atoms with Crippen molar-refractivity contribution < 1.29 is 49.0 Å². The molecule has 1 fully saturated rings. The molecule has 2 aromatic rings. The molecule has 1 N–H and O–H groups in total. The van der Waals surface area contributed by atoms with E-state index in [0.29, 0.717) is 32.8 Å². The number of fused-ring (bicyclic) bond motifs is 1. The second-order valence-corrected chi connectivity index (χ2v) is 12.0. The number of ether oxygens (including phenoxy) is 2. The van der Waals surface area contributed by atoms with Crippen LogP contribution in [0.4, 0.5) is 42.5 Å². The van der Waals surface area contributed by atoms with Crippen molar-refractivity contribution in [2.45, 2.75) is 62.1 Å². The summed E-state index contributed by atoms with van der Waals surface area (Å²) < 4.78 is 118. The van der Waals surface area contributed by atoms with E-state index in [0.717, 1.165) is 28.6 Å². The Bertz CT molecular complexity index is 1460. The van der Waals surface area contributed by atoms with E-state index in [1.54, 1.807) is 0 Å². The molecule has 8 nitrogen and oxygen atoms in total. The lowest BCUT2D eigenvalue weighted by atomic mass is 9.99. The maximum atomic E-state index is 13.7. The molecule has 4 rings (SSSR count). The number of carbonyl (C=O) groups excluding carboxylic acids is 1. The predicted octanol–water partition coefficient (Wildman–Crippen LogP) is 6.24. The summed E-state index contributed by atoms with van der Waals surface area (Å²) in [4.78, 5) is 11.5. The fraction of sp³-hybridized carbons (Fsp3) is 0.440. The molecular formula is C25H23F6N3O5S. The van der Waals surface area contributed by atoms with Gasteiger partial charge in [0.05, 0.1) is 34.2 Å². The number of nitrogens with zero attached hydrogens (tertiary/aromatic N) is 2. The van der Waals surface area contributed by atoms with Crippen molar-refractivity contribution in [3.8, 4) is 11.8 Å². The molecule has 1 unspecified atom stereocenters. The number of halogens is 6. The van der Waals surface area contributed by atoms with Gasteiger partial charge in [-0.05, 0) is 63.1 Å². The molecule has 0 spiro atoms. The van der Waals surface area contributed by atoms with Crippen LogP contribution < -0.4 is 14.4 Å². The van der Waals surface area contributed by atoms with Crippen LogP contribution in [0.3, 0.4) is 0 Å². The first-order valence-corrected chi connectivity index (χ1v) is 13.3. The maximum absolute atomic E-state index is 13.7. The highest BCUT2D eigenvalue weighted by molar-refractivity contribution is 7.92. The summed E-state index contributed by atoms with van der Waals surface area (Å²) in [6.45, 7) is 0.916. The third-order valence-electron chi connectivity index (χ3n) is 6.63. The number of nitriles is 1. The molecule has 2 aliphatic rings. The molecule has 1 saturated carbocycles. The largest absolute Gasteiger partial charge is 0.486 e. The molecule has 1 heterocycles. The molecule has 0 aromatic heterocycles. The molecule has 2 aromatic carbocycles. The van der Waals surface area contributed by atoms with Crippen LogP contribution in [0.2, 0.25) is 0 Å². The number of benzene rings is 2. The monoisotopic (exact) mass is 591 g/mol. The van der Waals surface area contributed by atoms with E-state index in [4.69, 9.17) is 4.74 Å². The molecule has 1 aliphatic carbocycles. The van der Waals surface area contributed by atoms with Gasteiger partial charge in [0.2, 0.25) is 5.60 Å². The fourth-order valence-corrected chi connectivity index (χ4v) is 5.61. The number of hydrogen-bond acceptors (Lipinski definition) is 6. The number of nitrogens with one attached hydrogen (secondary N) is 1. The zero-order chi connectivity index (χ0) is 29.7. The van der Waals surface area contributed by atoms with Crippen LogP contribution >= 0.6 is 0 Å². The average molecular weight is 592 g/mol. The molecule has 15 heteroatoms. The van der Waals surface area contributed by atoms with E-state index in [1.807, 2.05) is 0 Å². The summed E-state index contributed by atoms with van der Waals surface area (Å²) >= 11 is 0. The van der Waals surface area contributed by atoms with Gasteiger partial charge in [-0.15, -0.1) is 0 Å². The summed E-state index contributed by atoms with van der Waals surface area (Å²) in [5.74, 6) is -0.0184. The van der Waals surface area contributed by atoms with E-state index in [-0.39, 0.29) is 30.1 Å². The van der Waals surface area contributed by atoms with Gasteiger partial charge in [-0.3, -0.25) is 9.62 Å². The topological polar surface area (TPSA) is 109 Å². The van der Waals surface area contributed by atoms with Gasteiger partial charge < -0.3 is 9.47 Å². The van der Waals surface area contributed by atoms with Crippen molar-refractivity contribution >= 4 is 27.5 Å². The second kappa shape index (κ2) is 9.76. The molecule has 1 amide bonds. The van der Waals surface area contributed by atoms with Gasteiger partial charge in [0.1, 0.15) is 11.9 Å². The van der Waals surface area contributed by atoms with E-state index in [1.165, 1.54) is 12.1 Å². The Morgan fingerprint density at radius 2 is 1.82 bits per heavy atom. The van der Waals surface area contributed by atoms with Gasteiger partial charge in [0, 0.05) is 12.1 Å². The van der Waals surface area contributed by atoms with E-state index in [2.05, 4.69) is 16.1 Å². The van der Waals surface area contributed by atoms with E-state index in [9.17, 15) is 44.8 Å². The summed E-state index contributed by atoms with van der Waals surface area (Å²) in [7, 11) is -4.65. The van der Waals surface area contributed by atoms with Gasteiger partial charge in [0.25, 0.3) is 10.0 Å². The quantitative estimate of drug-likeness (QED) is 0.398. The maximum Gasteiger partial charge on any atom is 0.427 e. The van der Waals surface area contributed by atoms with Crippen LogP contribution in [0.15, 0.2) is 47.4 Å². The molecule has 0 saturated heterocycles. The number of sulfonamides is 1. The van der Waals surface area contributed by atoms with Gasteiger partial charge in [-0.2, -0.15) is 31.6 Å². The van der Waals surface area contributed by atoms with Gasteiger partial charge in [-0.25, -0.2) is 13.2 Å². The molecular weight excluding hydrogens is 568 g/mol. The Kier molecular flexibility index (Phi) is 7.15. The van der Waals surface area contributed by atoms with Crippen molar-refractivity contribution in [1.82, 2.24) is 0 Å². The lowest BCUT2D eigenvalue weighted by Gasteiger charge is -2.36. The summed E-state index contributed by atoms with van der Waals surface area (Å²) in [5.41, 5.74) is -5.07. The van der Waals surface area contributed by atoms with Crippen molar-refractivity contribution in [3.05, 3.63) is 48.0 Å². The first kappa shape index (κ1) is 29.3. The number of hydrogen-bond donors (Lipinski definition) is 1. The highest BCUT2D eigenvalue weighted by Crippen LogP contribution is 2.51. The smallest absolute Gasteiger partial charge is 0.427 e. The Labute approximate surface area is 225 Å². The van der Waals surface area contributed by atoms with E-state index >= 15 is 0 Å². The minimum Gasteiger partial charge on any atom is -0.486 e. The predicted molar refractivity (Wildman–Crippen MR) is 129 cm³/mol. The van der Waals surface area contributed by atoms with Crippen LogP contribution in [0, 0.1) is 16.7 Å². The van der Waals surface area contributed by atoms with Gasteiger partial charge in [0.15, 0.2) is 0 Å². The molecule has 40 heavy (non-hydrogen) atoms. The Balaban J connectivity index is 1.70. The van der Waals surface area contributed by atoms with Crippen LogP contribution in [0.5, 0.6) is 5.75 Å². The Morgan fingerprint density at radius 1 is 1.15 bits per heavy atom. The highest BCUT2D eigenvalue weighted by atomic mass is 32.2. The number of carbonyl (C=O) groups is 1. The number of anilines is 2. The molecule has 1 aliphatic heterocycles. The minimum atomic E-state index is -4.87. The van der Waals surface area contributed by atoms with Gasteiger partial charge in [-0.1, -0.05) is 6.07 Å². The molecule has 0 radical (unpaired) electrons. The third-order valence-corrected chi connectivity index (χ3v) is 8.40. The SMILES string of the molecule is CC(C)(OC(=O)Nc1ccc2c(c1)N(S(=O)(=O)c1cccc(C(F)(F)F)c1)CC(CC1(C#N)CC1)O2)C(F)(F)F. The van der Waals surface area contributed by atoms with Crippen LogP contribution in [-0.4, -0.2) is 38.9 Å². The van der Waals surface area contributed by atoms with Crippen LogP contribution in [0.1, 0.15) is 38.7 Å². The average Bonchev–Trinajstić information content (AvgIpc) is 3.62. The fourth-order valence-electron chi connectivity index (χ4n) is 4.06. The lowest BCUT2D eigenvalue weighted by Crippen LogP contribution is -2.45. The first-order chi connectivity index (χ1) is 18.4. The molecule has 0 bridgehead atoms. The Morgan fingerprint density at radius 3 is 2.40 bits per heavy atom. The second-order valence-electron chi connectivity index (χ2n) is 10.1. The van der Waals surface area contributed by atoms with Crippen LogP contribution in [-0.2, 0) is 20.9 Å². The van der Waals surface area contributed by atoms with Crippen LogP contribution in [0.25, 0.3) is 0 Å². The van der Waals surface area contributed by atoms with Crippen molar-refractivity contribution in [2.24, 2.45) is 5.41 Å². The van der Waals surface area contributed by atoms with Crippen molar-refractivity contribution in [1.29, 1.82) is 5.26 Å².